The van der Waals surface area contributed by atoms with Crippen molar-refractivity contribution in [2.45, 2.75) is 26.8 Å². The molecule has 0 atom stereocenters. The number of hydrogen-bond acceptors (Lipinski definition) is 4. The number of carbonyl (C=O) groups is 2. The van der Waals surface area contributed by atoms with Gasteiger partial charge in [0.2, 0.25) is 0 Å². The molecule has 112 valence electrons. The lowest BCUT2D eigenvalue weighted by molar-refractivity contribution is 0.0694. The van der Waals surface area contributed by atoms with E-state index < -0.39 is 5.97 Å². The highest BCUT2D eigenvalue weighted by Gasteiger charge is 2.16. The van der Waals surface area contributed by atoms with Gasteiger partial charge in [0.05, 0.1) is 12.2 Å². The summed E-state index contributed by atoms with van der Waals surface area (Å²) in [7, 11) is 1.70. The molecule has 7 nitrogen and oxygen atoms in total. The maximum absolute atomic E-state index is 12.1. The first-order valence-electron chi connectivity index (χ1n) is 6.56. The molecule has 0 fully saturated rings. The summed E-state index contributed by atoms with van der Waals surface area (Å²) in [6.45, 7) is 3.66. The van der Waals surface area contributed by atoms with Crippen molar-refractivity contribution < 1.29 is 19.1 Å². The molecule has 21 heavy (non-hydrogen) atoms. The zero-order valence-electron chi connectivity index (χ0n) is 12.1. The lowest BCUT2D eigenvalue weighted by Crippen LogP contribution is -2.24. The molecule has 2 rings (SSSR count). The number of hydrogen-bond donors (Lipinski definition) is 2. The number of carbonyl (C=O) groups excluding carboxylic acids is 1. The Hall–Kier alpha value is -2.57. The van der Waals surface area contributed by atoms with E-state index in [1.165, 1.54) is 10.7 Å². The van der Waals surface area contributed by atoms with E-state index in [0.29, 0.717) is 17.2 Å². The predicted octanol–water partition coefficient (Wildman–Crippen LogP) is 1.51. The minimum atomic E-state index is -1.05. The van der Waals surface area contributed by atoms with Gasteiger partial charge in [-0.15, -0.1) is 0 Å². The molecule has 0 saturated heterocycles. The molecule has 2 aromatic heterocycles. The molecule has 2 N–H and O–H groups in total. The van der Waals surface area contributed by atoms with E-state index in [1.54, 1.807) is 20.0 Å². The Labute approximate surface area is 121 Å². The summed E-state index contributed by atoms with van der Waals surface area (Å²) in [6, 6.07) is 3.14. The summed E-state index contributed by atoms with van der Waals surface area (Å²) in [5, 5.41) is 15.8. The number of aromatic carboxylic acids is 1. The SMILES string of the molecule is CCc1cc(C(=O)NCc2cc(C(=O)O)c(C)o2)n(C)n1. The van der Waals surface area contributed by atoms with Crippen LogP contribution in [0.4, 0.5) is 0 Å². The molecule has 0 aromatic carbocycles. The van der Waals surface area contributed by atoms with Gasteiger partial charge < -0.3 is 14.8 Å². The van der Waals surface area contributed by atoms with Gasteiger partial charge in [-0.2, -0.15) is 5.10 Å². The highest BCUT2D eigenvalue weighted by Crippen LogP contribution is 2.14. The zero-order valence-corrected chi connectivity index (χ0v) is 12.1. The number of aromatic nitrogens is 2. The van der Waals surface area contributed by atoms with Gasteiger partial charge in [-0.05, 0) is 25.5 Å². The number of rotatable bonds is 5. The van der Waals surface area contributed by atoms with Gasteiger partial charge in [0.15, 0.2) is 0 Å². The zero-order chi connectivity index (χ0) is 15.6. The molecule has 7 heteroatoms. The summed E-state index contributed by atoms with van der Waals surface area (Å²) in [6.07, 6.45) is 0.750. The van der Waals surface area contributed by atoms with Crippen LogP contribution in [0.3, 0.4) is 0 Å². The molecule has 0 spiro atoms. The van der Waals surface area contributed by atoms with Crippen LogP contribution >= 0.6 is 0 Å². The molecule has 0 bridgehead atoms. The molecule has 0 aliphatic rings. The first-order chi connectivity index (χ1) is 9.92. The molecule has 2 heterocycles. The van der Waals surface area contributed by atoms with E-state index in [2.05, 4.69) is 10.4 Å². The van der Waals surface area contributed by atoms with E-state index in [-0.39, 0.29) is 18.0 Å². The van der Waals surface area contributed by atoms with Gasteiger partial charge in [0.25, 0.3) is 5.91 Å². The van der Waals surface area contributed by atoms with Gasteiger partial charge >= 0.3 is 5.97 Å². The summed E-state index contributed by atoms with van der Waals surface area (Å²) >= 11 is 0. The van der Waals surface area contributed by atoms with E-state index in [1.807, 2.05) is 6.92 Å². The first kappa shape index (κ1) is 14.8. The standard InChI is InChI=1S/C14H17N3O4/c1-4-9-5-12(17(3)16-9)13(18)15-7-10-6-11(14(19)20)8(2)21-10/h5-6H,4,7H2,1-3H3,(H,15,18)(H,19,20). The van der Waals surface area contributed by atoms with Crippen LogP contribution in [0, 0.1) is 6.92 Å². The average molecular weight is 291 g/mol. The lowest BCUT2D eigenvalue weighted by atomic mass is 10.2. The fraction of sp³-hybridized carbons (Fsp3) is 0.357. The number of nitrogens with one attached hydrogen (secondary N) is 1. The summed E-state index contributed by atoms with van der Waals surface area (Å²) in [5.41, 5.74) is 1.39. The summed E-state index contributed by atoms with van der Waals surface area (Å²) in [5.74, 6) is -0.611. The quantitative estimate of drug-likeness (QED) is 0.870. The van der Waals surface area contributed by atoms with Crippen molar-refractivity contribution >= 4 is 11.9 Å². The molecule has 0 saturated carbocycles. The maximum Gasteiger partial charge on any atom is 0.339 e. The Bertz CT molecular complexity index is 684. The molecule has 0 unspecified atom stereocenters. The van der Waals surface area contributed by atoms with E-state index in [0.717, 1.165) is 12.1 Å². The van der Waals surface area contributed by atoms with Crippen LogP contribution in [0.1, 0.15) is 45.0 Å². The van der Waals surface area contributed by atoms with E-state index in [4.69, 9.17) is 9.52 Å². The van der Waals surface area contributed by atoms with Crippen molar-refractivity contribution in [3.63, 3.8) is 0 Å². The Kier molecular flexibility index (Phi) is 4.11. The summed E-state index contributed by atoms with van der Waals surface area (Å²) in [4.78, 5) is 23.0. The van der Waals surface area contributed by atoms with Crippen molar-refractivity contribution in [1.82, 2.24) is 15.1 Å². The van der Waals surface area contributed by atoms with Crippen molar-refractivity contribution in [3.8, 4) is 0 Å². The largest absolute Gasteiger partial charge is 0.478 e. The Morgan fingerprint density at radius 2 is 2.14 bits per heavy atom. The first-order valence-corrected chi connectivity index (χ1v) is 6.56. The third kappa shape index (κ3) is 3.13. The fourth-order valence-corrected chi connectivity index (χ4v) is 2.01. The van der Waals surface area contributed by atoms with Crippen LogP contribution in [-0.2, 0) is 20.0 Å². The van der Waals surface area contributed by atoms with Crippen LogP contribution in [0.2, 0.25) is 0 Å². The molecule has 0 aliphatic carbocycles. The Balaban J connectivity index is 2.05. The number of aryl methyl sites for hydroxylation is 3. The predicted molar refractivity (Wildman–Crippen MR) is 74.2 cm³/mol. The number of furan rings is 1. The van der Waals surface area contributed by atoms with Crippen molar-refractivity contribution in [2.75, 3.05) is 0 Å². The Morgan fingerprint density at radius 3 is 2.67 bits per heavy atom. The Morgan fingerprint density at radius 1 is 1.43 bits per heavy atom. The van der Waals surface area contributed by atoms with Gasteiger partial charge in [0.1, 0.15) is 22.8 Å². The number of nitrogens with zero attached hydrogens (tertiary/aromatic N) is 2. The minimum absolute atomic E-state index is 0.105. The van der Waals surface area contributed by atoms with Crippen LogP contribution in [0.5, 0.6) is 0 Å². The highest BCUT2D eigenvalue weighted by molar-refractivity contribution is 5.92. The second kappa shape index (κ2) is 5.82. The van der Waals surface area contributed by atoms with E-state index >= 15 is 0 Å². The molecular weight excluding hydrogens is 274 g/mol. The van der Waals surface area contributed by atoms with Crippen molar-refractivity contribution in [2.24, 2.45) is 7.05 Å². The number of carboxylic acid groups (broad SMARTS) is 1. The third-order valence-corrected chi connectivity index (χ3v) is 3.15. The minimum Gasteiger partial charge on any atom is -0.478 e. The third-order valence-electron chi connectivity index (χ3n) is 3.15. The van der Waals surface area contributed by atoms with Gasteiger partial charge in [0, 0.05) is 7.05 Å². The van der Waals surface area contributed by atoms with Gasteiger partial charge in [-0.25, -0.2) is 4.79 Å². The molecule has 0 aliphatic heterocycles. The number of carboxylic acids is 1. The second-order valence-corrected chi connectivity index (χ2v) is 4.67. The van der Waals surface area contributed by atoms with E-state index in [9.17, 15) is 9.59 Å². The number of amides is 1. The molecule has 1 amide bonds. The topological polar surface area (TPSA) is 97.4 Å². The van der Waals surface area contributed by atoms with Crippen LogP contribution in [0.25, 0.3) is 0 Å². The maximum atomic E-state index is 12.1. The van der Waals surface area contributed by atoms with Gasteiger partial charge in [-0.3, -0.25) is 9.48 Å². The fourth-order valence-electron chi connectivity index (χ4n) is 2.01. The summed E-state index contributed by atoms with van der Waals surface area (Å²) < 4.78 is 6.82. The van der Waals surface area contributed by atoms with Crippen molar-refractivity contribution in [1.29, 1.82) is 0 Å². The molecule has 0 radical (unpaired) electrons. The highest BCUT2D eigenvalue weighted by atomic mass is 16.4. The van der Waals surface area contributed by atoms with Crippen molar-refractivity contribution in [3.05, 3.63) is 40.6 Å². The second-order valence-electron chi connectivity index (χ2n) is 4.67. The monoisotopic (exact) mass is 291 g/mol. The van der Waals surface area contributed by atoms with Crippen LogP contribution < -0.4 is 5.32 Å². The van der Waals surface area contributed by atoms with Gasteiger partial charge in [-0.1, -0.05) is 6.92 Å². The lowest BCUT2D eigenvalue weighted by Gasteiger charge is -2.02. The smallest absolute Gasteiger partial charge is 0.339 e. The van der Waals surface area contributed by atoms with Crippen LogP contribution in [0.15, 0.2) is 16.5 Å². The molecule has 2 aromatic rings. The molecular formula is C14H17N3O4. The normalized spacial score (nSPS) is 10.6. The average Bonchev–Trinajstić information content (AvgIpc) is 2.99. The van der Waals surface area contributed by atoms with Crippen LogP contribution in [-0.4, -0.2) is 26.8 Å².